The van der Waals surface area contributed by atoms with Crippen LogP contribution in [0.15, 0.2) is 17.1 Å². The standard InChI is InChI=1S/C27H39N7O5/c1-33-12-9-27-16-6-7-19(35)23(27)39-22-20(8-5-15(21(22)27)14-18(16)33)38-26(37)34(2)13-11-31-24(36)17(28)4-3-10-32-25(29)30/h5,8,16-18,23H,3-4,6-7,9-14,28H2,1-2H3,(H,31,36)(H4,29,30,32)/t16?,17-,18+,23?,27-/m0/s1. The average Bonchev–Trinajstić information content (AvgIpc) is 3.26. The Morgan fingerprint density at radius 2 is 2.15 bits per heavy atom. The summed E-state index contributed by atoms with van der Waals surface area (Å²) < 4.78 is 12.2. The number of ether oxygens (including phenoxy) is 2. The minimum absolute atomic E-state index is 0.00446. The number of amides is 2. The number of aliphatic imine (C=N–C) groups is 1. The molecule has 1 aromatic rings. The number of carbonyl (C=O) groups is 3. The van der Waals surface area contributed by atoms with E-state index in [0.717, 1.165) is 31.4 Å². The molecule has 5 atom stereocenters. The van der Waals surface area contributed by atoms with Crippen LogP contribution in [0, 0.1) is 5.92 Å². The minimum atomic E-state index is -0.693. The van der Waals surface area contributed by atoms with Crippen molar-refractivity contribution in [3.8, 4) is 11.5 Å². The lowest BCUT2D eigenvalue weighted by atomic mass is 9.52. The number of hydrogen-bond donors (Lipinski definition) is 4. The van der Waals surface area contributed by atoms with Crippen LogP contribution in [0.1, 0.15) is 43.2 Å². The molecule has 1 saturated carbocycles. The number of ketones is 1. The Kier molecular flexibility index (Phi) is 7.43. The van der Waals surface area contributed by atoms with Gasteiger partial charge in [0.1, 0.15) is 0 Å². The Hall–Kier alpha value is -3.38. The van der Waals surface area contributed by atoms with Crippen LogP contribution in [-0.2, 0) is 21.4 Å². The van der Waals surface area contributed by atoms with Gasteiger partial charge in [-0.15, -0.1) is 0 Å². The topological polar surface area (TPSA) is 179 Å². The maximum atomic E-state index is 13.1. The van der Waals surface area contributed by atoms with Crippen LogP contribution >= 0.6 is 0 Å². The van der Waals surface area contributed by atoms with E-state index < -0.39 is 18.2 Å². The zero-order chi connectivity index (χ0) is 27.9. The molecule has 5 rings (SSSR count). The van der Waals surface area contributed by atoms with Gasteiger partial charge in [0.15, 0.2) is 29.3 Å². The highest BCUT2D eigenvalue weighted by molar-refractivity contribution is 5.89. The van der Waals surface area contributed by atoms with Gasteiger partial charge in [0.05, 0.1) is 6.04 Å². The fourth-order valence-corrected chi connectivity index (χ4v) is 6.98. The lowest BCUT2D eigenvalue weighted by Gasteiger charge is -2.57. The molecule has 2 aliphatic carbocycles. The number of nitrogens with two attached hydrogens (primary N) is 3. The number of guanidine groups is 1. The molecule has 0 radical (unpaired) electrons. The van der Waals surface area contributed by atoms with Crippen molar-refractivity contribution in [1.82, 2.24) is 15.1 Å². The van der Waals surface area contributed by atoms with Crippen LogP contribution in [0.25, 0.3) is 0 Å². The van der Waals surface area contributed by atoms with Gasteiger partial charge in [-0.3, -0.25) is 14.6 Å². The first kappa shape index (κ1) is 27.2. The number of likely N-dealkylation sites (tertiary alicyclic amines) is 1. The van der Waals surface area contributed by atoms with Crippen LogP contribution < -0.4 is 32.0 Å². The maximum absolute atomic E-state index is 13.1. The van der Waals surface area contributed by atoms with Crippen LogP contribution in [0.4, 0.5) is 4.79 Å². The van der Waals surface area contributed by atoms with E-state index in [1.54, 1.807) is 13.1 Å². The van der Waals surface area contributed by atoms with Crippen molar-refractivity contribution in [2.75, 3.05) is 40.3 Å². The zero-order valence-corrected chi connectivity index (χ0v) is 22.7. The van der Waals surface area contributed by atoms with E-state index in [4.69, 9.17) is 26.7 Å². The third-order valence-corrected chi connectivity index (χ3v) is 8.93. The van der Waals surface area contributed by atoms with Crippen molar-refractivity contribution < 1.29 is 23.9 Å². The van der Waals surface area contributed by atoms with Crippen molar-refractivity contribution in [2.24, 2.45) is 28.1 Å². The van der Waals surface area contributed by atoms with Gasteiger partial charge in [-0.2, -0.15) is 0 Å². The van der Waals surface area contributed by atoms with Gasteiger partial charge in [0.25, 0.3) is 0 Å². The number of carbonyl (C=O) groups excluding carboxylic acids is 3. The first-order valence-electron chi connectivity index (χ1n) is 13.7. The Labute approximate surface area is 228 Å². The molecule has 7 N–H and O–H groups in total. The van der Waals surface area contributed by atoms with Crippen LogP contribution in [0.3, 0.4) is 0 Å². The fourth-order valence-electron chi connectivity index (χ4n) is 6.98. The predicted octanol–water partition coefficient (Wildman–Crippen LogP) is -0.148. The number of likely N-dealkylation sites (N-methyl/N-ethyl adjacent to an activating group) is 2. The third kappa shape index (κ3) is 4.80. The van der Waals surface area contributed by atoms with Crippen LogP contribution in [0.5, 0.6) is 11.5 Å². The highest BCUT2D eigenvalue weighted by atomic mass is 16.6. The largest absolute Gasteiger partial charge is 0.477 e. The molecule has 1 aromatic carbocycles. The zero-order valence-electron chi connectivity index (χ0n) is 22.7. The average molecular weight is 542 g/mol. The molecule has 2 heterocycles. The molecular weight excluding hydrogens is 502 g/mol. The Morgan fingerprint density at radius 1 is 1.36 bits per heavy atom. The van der Waals surface area contributed by atoms with Crippen LogP contribution in [-0.4, -0.2) is 92.0 Å². The van der Waals surface area contributed by atoms with Crippen molar-refractivity contribution in [1.29, 1.82) is 0 Å². The third-order valence-electron chi connectivity index (χ3n) is 8.93. The van der Waals surface area contributed by atoms with Gasteiger partial charge in [-0.25, -0.2) is 4.79 Å². The van der Waals surface area contributed by atoms with Gasteiger partial charge in [0, 0.05) is 50.1 Å². The second-order valence-corrected chi connectivity index (χ2v) is 11.2. The van der Waals surface area contributed by atoms with E-state index in [1.807, 2.05) is 6.07 Å². The quantitative estimate of drug-likeness (QED) is 0.188. The molecule has 212 valence electrons. The summed E-state index contributed by atoms with van der Waals surface area (Å²) in [6, 6.07) is 3.49. The summed E-state index contributed by atoms with van der Waals surface area (Å²) in [4.78, 5) is 45.9. The molecule has 39 heavy (non-hydrogen) atoms. The van der Waals surface area contributed by atoms with Gasteiger partial charge in [-0.1, -0.05) is 6.07 Å². The SMILES string of the molecule is CN(CCNC(=O)[C@@H](N)CCCN=C(N)N)C(=O)Oc1ccc2c3c1OC1C(=O)CCC4[C@@H](C2)N(C)CC[C@]314. The molecule has 4 aliphatic rings. The summed E-state index contributed by atoms with van der Waals surface area (Å²) in [6.45, 7) is 1.76. The molecule has 2 fully saturated rings. The normalized spacial score (nSPS) is 27.2. The molecular formula is C27H39N7O5. The van der Waals surface area contributed by atoms with E-state index in [2.05, 4.69) is 22.3 Å². The van der Waals surface area contributed by atoms with Gasteiger partial charge in [-0.05, 0) is 63.2 Å². The Balaban J connectivity index is 1.21. The summed E-state index contributed by atoms with van der Waals surface area (Å²) in [6.07, 6.45) is 3.07. The second kappa shape index (κ2) is 10.6. The van der Waals surface area contributed by atoms with E-state index in [9.17, 15) is 14.4 Å². The fraction of sp³-hybridized carbons (Fsp3) is 0.630. The van der Waals surface area contributed by atoms with E-state index in [1.165, 1.54) is 10.5 Å². The molecule has 0 aromatic heterocycles. The lowest BCUT2D eigenvalue weighted by molar-refractivity contribution is -0.138. The van der Waals surface area contributed by atoms with Crippen molar-refractivity contribution in [3.05, 3.63) is 23.3 Å². The summed E-state index contributed by atoms with van der Waals surface area (Å²) in [5.41, 5.74) is 18.4. The molecule has 1 saturated heterocycles. The number of piperidine rings is 1. The number of Topliss-reactive ketones (excluding diaryl/α,β-unsaturated/α-hetero) is 1. The highest BCUT2D eigenvalue weighted by Gasteiger charge is 2.65. The predicted molar refractivity (Wildman–Crippen MR) is 145 cm³/mol. The van der Waals surface area contributed by atoms with E-state index in [0.29, 0.717) is 49.3 Å². The van der Waals surface area contributed by atoms with Crippen molar-refractivity contribution in [2.45, 2.75) is 62.1 Å². The lowest BCUT2D eigenvalue weighted by Crippen LogP contribution is -2.65. The van der Waals surface area contributed by atoms with Gasteiger partial charge in [0.2, 0.25) is 5.91 Å². The highest BCUT2D eigenvalue weighted by Crippen LogP contribution is 2.63. The first-order valence-corrected chi connectivity index (χ1v) is 13.7. The van der Waals surface area contributed by atoms with Gasteiger partial charge >= 0.3 is 6.09 Å². The molecule has 12 heteroatoms. The van der Waals surface area contributed by atoms with Crippen molar-refractivity contribution >= 4 is 23.7 Å². The second-order valence-electron chi connectivity index (χ2n) is 11.2. The summed E-state index contributed by atoms with van der Waals surface area (Å²) >= 11 is 0. The number of nitrogens with zero attached hydrogens (tertiary/aromatic N) is 3. The number of nitrogens with one attached hydrogen (secondary N) is 1. The molecule has 2 unspecified atom stereocenters. The molecule has 2 aliphatic heterocycles. The molecule has 1 spiro atoms. The summed E-state index contributed by atoms with van der Waals surface area (Å²) in [5.74, 6) is 1.06. The van der Waals surface area contributed by atoms with E-state index in [-0.39, 0.29) is 36.2 Å². The molecule has 2 amide bonds. The molecule has 12 nitrogen and oxygen atoms in total. The first-order chi connectivity index (χ1) is 18.6. The van der Waals surface area contributed by atoms with Crippen molar-refractivity contribution in [3.63, 3.8) is 0 Å². The summed E-state index contributed by atoms with van der Waals surface area (Å²) in [5, 5.41) is 2.74. The Morgan fingerprint density at radius 3 is 2.92 bits per heavy atom. The summed E-state index contributed by atoms with van der Waals surface area (Å²) in [7, 11) is 3.77. The number of hydrogen-bond acceptors (Lipinski definition) is 8. The number of rotatable bonds is 9. The number of benzene rings is 1. The smallest absolute Gasteiger partial charge is 0.415 e. The molecule has 2 bridgehead atoms. The van der Waals surface area contributed by atoms with Gasteiger partial charge < -0.3 is 41.8 Å². The maximum Gasteiger partial charge on any atom is 0.415 e. The van der Waals surface area contributed by atoms with Crippen LogP contribution in [0.2, 0.25) is 0 Å². The Bertz CT molecular complexity index is 1190. The van der Waals surface area contributed by atoms with E-state index >= 15 is 0 Å². The monoisotopic (exact) mass is 541 g/mol. The minimum Gasteiger partial charge on any atom is -0.477 e.